The third kappa shape index (κ3) is 5.42. The van der Waals surface area contributed by atoms with E-state index < -0.39 is 24.6 Å². The van der Waals surface area contributed by atoms with Crippen LogP contribution < -0.4 is 0 Å². The fraction of sp³-hybridized carbons (Fsp3) is 0.750. The number of aliphatic hydroxyl groups excluding tert-OH is 1. The SMILES string of the molecule is CC(C)(C)C1OCC(OC(=O)CO/C(O)=C\[N+]#N)CO1. The van der Waals surface area contributed by atoms with Crippen molar-refractivity contribution in [2.75, 3.05) is 19.8 Å². The molecule has 0 amide bonds. The Hall–Kier alpha value is -1.85. The molecule has 0 aromatic rings. The molecule has 1 rings (SSSR count). The second-order valence-electron chi connectivity index (χ2n) is 5.35. The lowest BCUT2D eigenvalue weighted by molar-refractivity contribution is -0.258. The monoisotopic (exact) mass is 287 g/mol. The van der Waals surface area contributed by atoms with Crippen LogP contribution in [0.3, 0.4) is 0 Å². The van der Waals surface area contributed by atoms with Gasteiger partial charge in [0.15, 0.2) is 17.9 Å². The van der Waals surface area contributed by atoms with Gasteiger partial charge in [-0.15, -0.1) is 0 Å². The van der Waals surface area contributed by atoms with Crippen LogP contribution in [-0.4, -0.2) is 43.3 Å². The van der Waals surface area contributed by atoms with Gasteiger partial charge in [-0.1, -0.05) is 20.8 Å². The molecule has 1 fully saturated rings. The molecule has 8 nitrogen and oxygen atoms in total. The van der Waals surface area contributed by atoms with Gasteiger partial charge in [0.1, 0.15) is 6.10 Å². The van der Waals surface area contributed by atoms with E-state index in [1.807, 2.05) is 20.8 Å². The van der Waals surface area contributed by atoms with Crippen LogP contribution in [0.15, 0.2) is 12.1 Å². The van der Waals surface area contributed by atoms with E-state index in [4.69, 9.17) is 24.7 Å². The van der Waals surface area contributed by atoms with E-state index in [1.54, 1.807) is 0 Å². The van der Waals surface area contributed by atoms with Crippen LogP contribution in [0.1, 0.15) is 20.8 Å². The van der Waals surface area contributed by atoms with Gasteiger partial charge in [0, 0.05) is 5.41 Å². The van der Waals surface area contributed by atoms with E-state index >= 15 is 0 Å². The molecule has 20 heavy (non-hydrogen) atoms. The summed E-state index contributed by atoms with van der Waals surface area (Å²) in [6.07, 6.45) is -0.209. The van der Waals surface area contributed by atoms with E-state index in [0.717, 1.165) is 0 Å². The summed E-state index contributed by atoms with van der Waals surface area (Å²) < 4.78 is 20.5. The van der Waals surface area contributed by atoms with Crippen LogP contribution in [0.4, 0.5) is 0 Å². The van der Waals surface area contributed by atoms with Crippen LogP contribution in [0.5, 0.6) is 0 Å². The third-order valence-corrected chi connectivity index (χ3v) is 2.38. The molecule has 0 unspecified atom stereocenters. The maximum absolute atomic E-state index is 11.4. The second kappa shape index (κ2) is 7.07. The van der Waals surface area contributed by atoms with E-state index in [0.29, 0.717) is 6.20 Å². The highest BCUT2D eigenvalue weighted by atomic mass is 16.7. The van der Waals surface area contributed by atoms with Crippen LogP contribution in [0.2, 0.25) is 0 Å². The summed E-state index contributed by atoms with van der Waals surface area (Å²) in [5, 5.41) is 17.1. The van der Waals surface area contributed by atoms with Crippen molar-refractivity contribution >= 4 is 5.97 Å². The Morgan fingerprint density at radius 1 is 1.45 bits per heavy atom. The number of carbonyl (C=O) groups excluding carboxylic acids is 1. The molecule has 0 aliphatic carbocycles. The van der Waals surface area contributed by atoms with Gasteiger partial charge in [0.25, 0.3) is 0 Å². The molecule has 1 aliphatic heterocycles. The Morgan fingerprint density at radius 2 is 2.05 bits per heavy atom. The molecule has 0 atom stereocenters. The van der Waals surface area contributed by atoms with Crippen molar-refractivity contribution in [2.24, 2.45) is 5.41 Å². The fourth-order valence-corrected chi connectivity index (χ4v) is 1.49. The predicted octanol–water partition coefficient (Wildman–Crippen LogP) is 1.54. The zero-order valence-corrected chi connectivity index (χ0v) is 11.7. The molecule has 0 bridgehead atoms. The number of nitrogens with zero attached hydrogens (tertiary/aromatic N) is 2. The van der Waals surface area contributed by atoms with Gasteiger partial charge in [-0.2, -0.15) is 0 Å². The lowest BCUT2D eigenvalue weighted by atomic mass is 9.95. The number of hydrogen-bond donors (Lipinski definition) is 1. The summed E-state index contributed by atoms with van der Waals surface area (Å²) in [7, 11) is 0. The van der Waals surface area contributed by atoms with Crippen LogP contribution in [0, 0.1) is 10.8 Å². The highest BCUT2D eigenvalue weighted by Crippen LogP contribution is 2.26. The Bertz CT molecular complexity index is 401. The van der Waals surface area contributed by atoms with E-state index in [9.17, 15) is 4.79 Å². The molecule has 1 aliphatic rings. The van der Waals surface area contributed by atoms with Gasteiger partial charge in [0.2, 0.25) is 5.39 Å². The zero-order valence-electron chi connectivity index (χ0n) is 11.7. The number of esters is 1. The van der Waals surface area contributed by atoms with Crippen molar-refractivity contribution in [3.8, 4) is 0 Å². The zero-order chi connectivity index (χ0) is 15.2. The maximum Gasteiger partial charge on any atom is 0.429 e. The van der Waals surface area contributed by atoms with E-state index in [1.165, 1.54) is 0 Å². The number of ether oxygens (including phenoxy) is 4. The molecule has 0 aromatic carbocycles. The number of rotatable bonds is 4. The van der Waals surface area contributed by atoms with Gasteiger partial charge in [-0.05, 0) is 0 Å². The minimum atomic E-state index is -0.687. The quantitative estimate of drug-likeness (QED) is 0.475. The summed E-state index contributed by atoms with van der Waals surface area (Å²) in [4.78, 5) is 13.9. The first-order valence-electron chi connectivity index (χ1n) is 6.11. The van der Waals surface area contributed by atoms with E-state index in [2.05, 4.69) is 9.71 Å². The predicted molar refractivity (Wildman–Crippen MR) is 66.8 cm³/mol. The maximum atomic E-state index is 11.4. The molecular formula is C12H19N2O6+. The van der Waals surface area contributed by atoms with Gasteiger partial charge in [-0.25, -0.2) is 4.79 Å². The second-order valence-corrected chi connectivity index (χ2v) is 5.35. The molecule has 112 valence electrons. The number of diazo groups is 1. The molecule has 1 N–H and O–H groups in total. The van der Waals surface area contributed by atoms with Crippen molar-refractivity contribution < 1.29 is 28.8 Å². The smallest absolute Gasteiger partial charge is 0.429 e. The molecular weight excluding hydrogens is 268 g/mol. The average Bonchev–Trinajstić information content (AvgIpc) is 2.36. The Kier molecular flexibility index (Phi) is 5.73. The highest BCUT2D eigenvalue weighted by molar-refractivity contribution is 5.71. The first-order chi connectivity index (χ1) is 9.32. The average molecular weight is 287 g/mol. The molecule has 0 saturated carbocycles. The van der Waals surface area contributed by atoms with Gasteiger partial charge >= 0.3 is 18.1 Å². The van der Waals surface area contributed by atoms with Crippen molar-refractivity contribution in [3.05, 3.63) is 17.1 Å². The molecule has 1 saturated heterocycles. The van der Waals surface area contributed by atoms with Crippen LogP contribution in [0.25, 0.3) is 4.98 Å². The first kappa shape index (κ1) is 16.2. The van der Waals surface area contributed by atoms with Crippen molar-refractivity contribution in [2.45, 2.75) is 33.2 Å². The minimum Gasteiger partial charge on any atom is -0.476 e. The van der Waals surface area contributed by atoms with Crippen molar-refractivity contribution in [1.29, 1.82) is 5.39 Å². The first-order valence-corrected chi connectivity index (χ1v) is 6.11. The number of hydrogen-bond acceptors (Lipinski definition) is 7. The van der Waals surface area contributed by atoms with Gasteiger partial charge in [-0.3, -0.25) is 0 Å². The van der Waals surface area contributed by atoms with Crippen LogP contribution >= 0.6 is 0 Å². The lowest BCUT2D eigenvalue weighted by Gasteiger charge is -2.36. The standard InChI is InChI=1S/C12H18N2O6/c1-12(2,3)11-18-5-8(6-19-11)20-10(16)7-17-9(15)4-14-13/h4,8,11H,5-7H2,1-3H3/p+1/b9-4-. The van der Waals surface area contributed by atoms with Crippen molar-refractivity contribution in [1.82, 2.24) is 0 Å². The highest BCUT2D eigenvalue weighted by Gasteiger charge is 2.33. The topological polar surface area (TPSA) is 102 Å². The molecule has 8 heteroatoms. The fourth-order valence-electron chi connectivity index (χ4n) is 1.49. The summed E-state index contributed by atoms with van der Waals surface area (Å²) in [6, 6.07) is 0. The summed E-state index contributed by atoms with van der Waals surface area (Å²) in [6.45, 7) is 5.93. The molecule has 0 radical (unpaired) electrons. The number of carbonyl (C=O) groups is 1. The minimum absolute atomic E-state index is 0.150. The molecule has 1 heterocycles. The summed E-state index contributed by atoms with van der Waals surface area (Å²) >= 11 is 0. The van der Waals surface area contributed by atoms with Gasteiger partial charge < -0.3 is 24.1 Å². The van der Waals surface area contributed by atoms with E-state index in [-0.39, 0.29) is 24.9 Å². The Labute approximate surface area is 116 Å². The lowest BCUT2D eigenvalue weighted by Crippen LogP contribution is -2.44. The summed E-state index contributed by atoms with van der Waals surface area (Å²) in [5.74, 6) is -1.37. The normalized spacial score (nSPS) is 23.8. The van der Waals surface area contributed by atoms with Crippen LogP contribution in [-0.2, 0) is 23.7 Å². The third-order valence-electron chi connectivity index (χ3n) is 2.38. The molecule has 0 aromatic heterocycles. The Balaban J connectivity index is 2.29. The molecule has 0 spiro atoms. The largest absolute Gasteiger partial charge is 0.476 e. The Morgan fingerprint density at radius 3 is 2.55 bits per heavy atom. The number of aliphatic hydroxyl groups is 1. The van der Waals surface area contributed by atoms with Gasteiger partial charge in [0.05, 0.1) is 13.2 Å². The summed E-state index contributed by atoms with van der Waals surface area (Å²) in [5.41, 5.74) is -0.150. The van der Waals surface area contributed by atoms with Crippen molar-refractivity contribution in [3.63, 3.8) is 0 Å².